The van der Waals surface area contributed by atoms with Gasteiger partial charge in [0, 0.05) is 12.8 Å². The molecule has 9 nitrogen and oxygen atoms in total. The number of phosphoric acid groups is 1. The minimum Gasteiger partial charge on any atom is -0.756 e. The summed E-state index contributed by atoms with van der Waals surface area (Å²) in [5.41, 5.74) is 0. The van der Waals surface area contributed by atoms with Crippen molar-refractivity contribution < 1.29 is 37.3 Å². The van der Waals surface area contributed by atoms with Crippen molar-refractivity contribution in [3.05, 3.63) is 60.8 Å². The summed E-state index contributed by atoms with van der Waals surface area (Å²) in [6, 6.07) is -0.898. The molecule has 0 aromatic rings. The van der Waals surface area contributed by atoms with Crippen molar-refractivity contribution in [3.8, 4) is 0 Å². The molecule has 71 heavy (non-hydrogen) atoms. The first-order valence-electron chi connectivity index (χ1n) is 29.6. The van der Waals surface area contributed by atoms with Gasteiger partial charge in [0.25, 0.3) is 7.82 Å². The second-order valence-electron chi connectivity index (χ2n) is 21.2. The van der Waals surface area contributed by atoms with Crippen LogP contribution in [-0.2, 0) is 27.9 Å². The van der Waals surface area contributed by atoms with Crippen LogP contribution in [0.5, 0.6) is 0 Å². The van der Waals surface area contributed by atoms with E-state index in [-0.39, 0.29) is 24.9 Å². The number of esters is 1. The normalized spacial score (nSPS) is 14.2. The van der Waals surface area contributed by atoms with Crippen LogP contribution in [0.3, 0.4) is 0 Å². The van der Waals surface area contributed by atoms with Crippen molar-refractivity contribution in [1.29, 1.82) is 0 Å². The first-order valence-corrected chi connectivity index (χ1v) is 31.1. The van der Waals surface area contributed by atoms with Crippen LogP contribution in [0, 0.1) is 0 Å². The van der Waals surface area contributed by atoms with Gasteiger partial charge in [-0.25, -0.2) is 0 Å². The summed E-state index contributed by atoms with van der Waals surface area (Å²) in [7, 11) is 1.17. The molecule has 0 heterocycles. The van der Waals surface area contributed by atoms with E-state index in [4.69, 9.17) is 13.8 Å². The van der Waals surface area contributed by atoms with E-state index in [0.717, 1.165) is 109 Å². The predicted octanol–water partition coefficient (Wildman–Crippen LogP) is 17.3. The average molecular weight is 1020 g/mol. The molecule has 0 radical (unpaired) electrons. The Hall–Kier alpha value is -2.29. The summed E-state index contributed by atoms with van der Waals surface area (Å²) in [6.07, 6.45) is 63.1. The van der Waals surface area contributed by atoms with Crippen molar-refractivity contribution >= 4 is 19.7 Å². The number of phosphoric ester groups is 1. The molecule has 1 N–H and O–H groups in total. The number of amides is 1. The van der Waals surface area contributed by atoms with Crippen molar-refractivity contribution in [2.75, 3.05) is 40.9 Å². The molecule has 0 saturated carbocycles. The lowest BCUT2D eigenvalue weighted by Crippen LogP contribution is -2.47. The van der Waals surface area contributed by atoms with Crippen LogP contribution in [0.15, 0.2) is 60.8 Å². The summed E-state index contributed by atoms with van der Waals surface area (Å²) in [5, 5.41) is 3.02. The van der Waals surface area contributed by atoms with Gasteiger partial charge in [0.2, 0.25) is 5.91 Å². The van der Waals surface area contributed by atoms with Crippen LogP contribution >= 0.6 is 7.82 Å². The Labute approximate surface area is 439 Å². The summed E-state index contributed by atoms with van der Waals surface area (Å²) < 4.78 is 30.3. The van der Waals surface area contributed by atoms with Crippen LogP contribution in [0.4, 0.5) is 0 Å². The summed E-state index contributed by atoms with van der Waals surface area (Å²) in [4.78, 5) is 39.9. The molecular formula is C61H113N2O7P. The Kier molecular flexibility index (Phi) is 49.6. The molecule has 0 aromatic heterocycles. The third kappa shape index (κ3) is 52.4. The zero-order valence-corrected chi connectivity index (χ0v) is 48.1. The van der Waals surface area contributed by atoms with Gasteiger partial charge in [-0.3, -0.25) is 14.2 Å². The lowest BCUT2D eigenvalue weighted by molar-refractivity contribution is -0.870. The van der Waals surface area contributed by atoms with E-state index >= 15 is 0 Å². The number of rotatable bonds is 53. The molecule has 10 heteroatoms. The highest BCUT2D eigenvalue weighted by molar-refractivity contribution is 7.45. The van der Waals surface area contributed by atoms with Crippen LogP contribution in [0.1, 0.15) is 265 Å². The predicted molar refractivity (Wildman–Crippen MR) is 302 cm³/mol. The SMILES string of the molecule is CCCCC/C=C\C/C=C\CCCCCCCCCC(=O)OC(/C=C/CCCCCCCCCCCCC)C(COP(=O)([O-])OCC[N+](C)(C)C)NC(=O)CCCCCCCC/C=C/C=C/CCCCC. The van der Waals surface area contributed by atoms with Gasteiger partial charge in [0.15, 0.2) is 0 Å². The van der Waals surface area contributed by atoms with Crippen LogP contribution in [0.25, 0.3) is 0 Å². The van der Waals surface area contributed by atoms with E-state index in [1.165, 1.54) is 122 Å². The lowest BCUT2D eigenvalue weighted by atomic mass is 10.0. The molecule has 1 amide bonds. The first-order chi connectivity index (χ1) is 34.4. The highest BCUT2D eigenvalue weighted by Gasteiger charge is 2.27. The molecule has 0 aliphatic heterocycles. The standard InChI is InChI=1S/C61H113N2O7P/c1-7-10-13-16-19-22-25-28-30-31-33-36-39-42-45-48-51-54-61(65)70-59(52-49-46-43-40-37-34-27-24-21-18-15-12-9-3)58(57-69-71(66,67)68-56-55-63(4,5)6)62-60(64)53-50-47-44-41-38-35-32-29-26-23-20-17-14-11-8-2/h19-20,22-23,26,28-30,49,52,58-59H,7-18,21,24-25,27,31-48,50-51,53-57H2,1-6H3,(H-,62,64,66,67)/b22-19-,23-20+,29-26+,30-28-,52-49+. The number of unbranched alkanes of at least 4 members (excludes halogenated alkanes) is 30. The third-order valence-corrected chi connectivity index (χ3v) is 13.9. The lowest BCUT2D eigenvalue weighted by Gasteiger charge is -2.30. The summed E-state index contributed by atoms with van der Waals surface area (Å²) >= 11 is 0. The number of nitrogens with one attached hydrogen (secondary N) is 1. The van der Waals surface area contributed by atoms with Gasteiger partial charge >= 0.3 is 5.97 Å². The number of allylic oxidation sites excluding steroid dienone is 9. The minimum atomic E-state index is -4.70. The fourth-order valence-corrected chi connectivity index (χ4v) is 9.03. The molecule has 0 bridgehead atoms. The Morgan fingerprint density at radius 3 is 1.38 bits per heavy atom. The molecule has 0 fully saturated rings. The second kappa shape index (κ2) is 51.2. The number of carbonyl (C=O) groups excluding carboxylic acids is 2. The maximum Gasteiger partial charge on any atom is 0.306 e. The van der Waals surface area contributed by atoms with Crippen molar-refractivity contribution in [3.63, 3.8) is 0 Å². The first kappa shape index (κ1) is 68.7. The average Bonchev–Trinajstić information content (AvgIpc) is 3.33. The molecular weight excluding hydrogens is 904 g/mol. The van der Waals surface area contributed by atoms with Gasteiger partial charge in [0.1, 0.15) is 19.3 Å². The maximum atomic E-state index is 13.5. The highest BCUT2D eigenvalue weighted by Crippen LogP contribution is 2.38. The number of quaternary nitrogens is 1. The number of likely N-dealkylation sites (N-methyl/N-ethyl adjacent to an activating group) is 1. The van der Waals surface area contributed by atoms with Gasteiger partial charge in [-0.2, -0.15) is 0 Å². The topological polar surface area (TPSA) is 114 Å². The van der Waals surface area contributed by atoms with Gasteiger partial charge < -0.3 is 28.5 Å². The van der Waals surface area contributed by atoms with Gasteiger partial charge in [-0.05, 0) is 89.5 Å². The molecule has 0 rings (SSSR count). The van der Waals surface area contributed by atoms with Gasteiger partial charge in [-0.15, -0.1) is 0 Å². The molecule has 0 aromatic carbocycles. The number of hydrogen-bond acceptors (Lipinski definition) is 7. The monoisotopic (exact) mass is 1020 g/mol. The molecule has 3 unspecified atom stereocenters. The number of carbonyl (C=O) groups is 2. The van der Waals surface area contributed by atoms with Crippen molar-refractivity contribution in [1.82, 2.24) is 5.32 Å². The second-order valence-corrected chi connectivity index (χ2v) is 22.6. The summed E-state index contributed by atoms with van der Waals surface area (Å²) in [6.45, 7) is 6.78. The Balaban J connectivity index is 5.38. The molecule has 0 saturated heterocycles. The zero-order valence-electron chi connectivity index (χ0n) is 47.2. The van der Waals surface area contributed by atoms with Crippen molar-refractivity contribution in [2.24, 2.45) is 0 Å². The molecule has 0 aliphatic rings. The van der Waals surface area contributed by atoms with E-state index < -0.39 is 26.6 Å². The minimum absolute atomic E-state index is 0.0273. The van der Waals surface area contributed by atoms with E-state index in [1.807, 2.05) is 33.3 Å². The fraction of sp³-hybridized carbons (Fsp3) is 0.803. The van der Waals surface area contributed by atoms with Crippen molar-refractivity contribution in [2.45, 2.75) is 277 Å². The molecule has 414 valence electrons. The van der Waals surface area contributed by atoms with Crippen LogP contribution in [0.2, 0.25) is 0 Å². The number of hydrogen-bond donors (Lipinski definition) is 1. The maximum absolute atomic E-state index is 13.5. The largest absolute Gasteiger partial charge is 0.756 e. The van der Waals surface area contributed by atoms with Gasteiger partial charge in [-0.1, -0.05) is 223 Å². The molecule has 0 spiro atoms. The fourth-order valence-electron chi connectivity index (χ4n) is 8.31. The Morgan fingerprint density at radius 1 is 0.507 bits per heavy atom. The summed E-state index contributed by atoms with van der Waals surface area (Å²) in [5.74, 6) is -0.561. The van der Waals surface area contributed by atoms with Crippen LogP contribution in [-0.4, -0.2) is 69.4 Å². The Morgan fingerprint density at radius 2 is 0.901 bits per heavy atom. The quantitative estimate of drug-likeness (QED) is 0.0161. The van der Waals surface area contributed by atoms with E-state index in [9.17, 15) is 19.0 Å². The zero-order chi connectivity index (χ0) is 52.2. The molecule has 0 aliphatic carbocycles. The number of nitrogens with zero attached hydrogens (tertiary/aromatic N) is 1. The Bertz CT molecular complexity index is 1400. The van der Waals surface area contributed by atoms with Crippen LogP contribution < -0.4 is 10.2 Å². The third-order valence-electron chi connectivity index (χ3n) is 12.9. The van der Waals surface area contributed by atoms with E-state index in [0.29, 0.717) is 17.4 Å². The van der Waals surface area contributed by atoms with Gasteiger partial charge in [0.05, 0.1) is 33.8 Å². The van der Waals surface area contributed by atoms with E-state index in [2.05, 4.69) is 74.7 Å². The molecule has 3 atom stereocenters. The van der Waals surface area contributed by atoms with E-state index in [1.54, 1.807) is 0 Å². The smallest absolute Gasteiger partial charge is 0.306 e. The number of ether oxygens (including phenoxy) is 1. The highest BCUT2D eigenvalue weighted by atomic mass is 31.2.